The van der Waals surface area contributed by atoms with Crippen molar-refractivity contribution in [1.29, 1.82) is 0 Å². The number of pyridine rings is 1. The van der Waals surface area contributed by atoms with Gasteiger partial charge in [0, 0.05) is 22.9 Å². The fourth-order valence-electron chi connectivity index (χ4n) is 2.26. The Labute approximate surface area is 117 Å². The van der Waals surface area contributed by atoms with Crippen molar-refractivity contribution >= 4 is 28.4 Å². The summed E-state index contributed by atoms with van der Waals surface area (Å²) in [6, 6.07) is 8.12. The van der Waals surface area contributed by atoms with E-state index in [1.807, 2.05) is 36.2 Å². The molecular weight excluding hydrogens is 256 g/mol. The number of ether oxygens (including phenoxy) is 1. The van der Waals surface area contributed by atoms with Gasteiger partial charge in [-0.25, -0.2) is 4.98 Å². The molecule has 1 fully saturated rings. The third kappa shape index (κ3) is 2.50. The van der Waals surface area contributed by atoms with Gasteiger partial charge in [-0.15, -0.1) is 0 Å². The maximum atomic E-state index is 5.26. The van der Waals surface area contributed by atoms with E-state index >= 15 is 0 Å². The van der Waals surface area contributed by atoms with Crippen LogP contribution in [0.1, 0.15) is 12.8 Å². The maximum Gasteiger partial charge on any atom is 0.133 e. The number of nitrogens with one attached hydrogen (secondary N) is 1. The molecule has 3 nitrogen and oxygen atoms in total. The normalized spacial score (nSPS) is 16.3. The van der Waals surface area contributed by atoms with E-state index in [9.17, 15) is 0 Å². The number of benzene rings is 1. The van der Waals surface area contributed by atoms with E-state index in [-0.39, 0.29) is 0 Å². The van der Waals surface area contributed by atoms with Crippen molar-refractivity contribution in [3.05, 3.63) is 30.5 Å². The Morgan fingerprint density at radius 1 is 1.37 bits per heavy atom. The third-order valence-corrected chi connectivity index (χ3v) is 5.21. The highest BCUT2D eigenvalue weighted by atomic mass is 32.2. The van der Waals surface area contributed by atoms with Gasteiger partial charge >= 0.3 is 0 Å². The molecular formula is C15H18N2OS. The first-order valence-corrected chi connectivity index (χ1v) is 7.71. The first kappa shape index (κ1) is 12.6. The summed E-state index contributed by atoms with van der Waals surface area (Å²) in [5, 5.41) is 5.82. The molecule has 100 valence electrons. The van der Waals surface area contributed by atoms with Crippen LogP contribution < -0.4 is 10.1 Å². The van der Waals surface area contributed by atoms with Crippen molar-refractivity contribution in [2.24, 2.45) is 0 Å². The van der Waals surface area contributed by atoms with Gasteiger partial charge in [-0.2, -0.15) is 11.8 Å². The summed E-state index contributed by atoms with van der Waals surface area (Å²) in [6.45, 7) is 0.992. The Balaban J connectivity index is 1.86. The molecule has 1 aromatic heterocycles. The Morgan fingerprint density at radius 2 is 2.21 bits per heavy atom. The van der Waals surface area contributed by atoms with Gasteiger partial charge in [0.05, 0.1) is 7.11 Å². The quantitative estimate of drug-likeness (QED) is 0.904. The van der Waals surface area contributed by atoms with Gasteiger partial charge < -0.3 is 10.1 Å². The lowest BCUT2D eigenvalue weighted by Crippen LogP contribution is -2.18. The van der Waals surface area contributed by atoms with Crippen LogP contribution in [0.5, 0.6) is 5.75 Å². The standard InChI is InChI=1S/C15H18N2OS/c1-18-12-3-4-13-11(9-12)5-8-16-14(13)17-10-15(19-2)6-7-15/h3-5,8-9H,6-7,10H2,1-2H3,(H,16,17). The second kappa shape index (κ2) is 4.93. The van der Waals surface area contributed by atoms with Crippen molar-refractivity contribution in [1.82, 2.24) is 4.98 Å². The summed E-state index contributed by atoms with van der Waals surface area (Å²) in [5.41, 5.74) is 0. The molecule has 19 heavy (non-hydrogen) atoms. The lowest BCUT2D eigenvalue weighted by molar-refractivity contribution is 0.415. The molecule has 1 saturated carbocycles. The van der Waals surface area contributed by atoms with E-state index in [2.05, 4.69) is 22.6 Å². The fraction of sp³-hybridized carbons (Fsp3) is 0.400. The molecule has 4 heteroatoms. The minimum absolute atomic E-state index is 0.441. The molecule has 0 unspecified atom stereocenters. The highest BCUT2D eigenvalue weighted by Crippen LogP contribution is 2.47. The number of nitrogens with zero attached hydrogens (tertiary/aromatic N) is 1. The second-order valence-electron chi connectivity index (χ2n) is 4.99. The molecule has 0 atom stereocenters. The molecule has 3 rings (SSSR count). The van der Waals surface area contributed by atoms with E-state index in [4.69, 9.17) is 4.74 Å². The molecule has 0 amide bonds. The molecule has 0 radical (unpaired) electrons. The van der Waals surface area contributed by atoms with Crippen LogP contribution in [0.2, 0.25) is 0 Å². The summed E-state index contributed by atoms with van der Waals surface area (Å²) >= 11 is 1.96. The maximum absolute atomic E-state index is 5.26. The van der Waals surface area contributed by atoms with Gasteiger partial charge in [0.1, 0.15) is 11.6 Å². The van der Waals surface area contributed by atoms with Crippen LogP contribution in [-0.2, 0) is 0 Å². The fourth-order valence-corrected chi connectivity index (χ4v) is 2.99. The number of methoxy groups -OCH3 is 1. The second-order valence-corrected chi connectivity index (χ2v) is 6.26. The van der Waals surface area contributed by atoms with Crippen LogP contribution in [0.3, 0.4) is 0 Å². The Kier molecular flexibility index (Phi) is 3.27. The molecule has 1 aromatic carbocycles. The molecule has 0 bridgehead atoms. The van der Waals surface area contributed by atoms with Crippen LogP contribution in [0, 0.1) is 0 Å². The van der Waals surface area contributed by atoms with Gasteiger partial charge in [0.25, 0.3) is 0 Å². The smallest absolute Gasteiger partial charge is 0.133 e. The summed E-state index contributed by atoms with van der Waals surface area (Å²) in [5.74, 6) is 1.85. The Hall–Kier alpha value is -1.42. The molecule has 1 aliphatic carbocycles. The number of hydrogen-bond acceptors (Lipinski definition) is 4. The van der Waals surface area contributed by atoms with Crippen molar-refractivity contribution in [2.45, 2.75) is 17.6 Å². The highest BCUT2D eigenvalue weighted by molar-refractivity contribution is 8.00. The zero-order valence-electron chi connectivity index (χ0n) is 11.3. The van der Waals surface area contributed by atoms with Crippen molar-refractivity contribution in [3.63, 3.8) is 0 Å². The predicted octanol–water partition coefficient (Wildman–Crippen LogP) is 3.55. The minimum atomic E-state index is 0.441. The number of fused-ring (bicyclic) bond motifs is 1. The molecule has 0 spiro atoms. The van der Waals surface area contributed by atoms with Gasteiger partial charge in [-0.05, 0) is 48.7 Å². The molecule has 1 aliphatic rings. The van der Waals surface area contributed by atoms with Crippen LogP contribution in [0.4, 0.5) is 5.82 Å². The number of thioether (sulfide) groups is 1. The third-order valence-electron chi connectivity index (χ3n) is 3.79. The summed E-state index contributed by atoms with van der Waals surface area (Å²) in [4.78, 5) is 4.47. The number of rotatable bonds is 5. The van der Waals surface area contributed by atoms with Crippen LogP contribution in [0.15, 0.2) is 30.5 Å². The van der Waals surface area contributed by atoms with Crippen molar-refractivity contribution in [3.8, 4) is 5.75 Å². The van der Waals surface area contributed by atoms with Gasteiger partial charge in [0.2, 0.25) is 0 Å². The first-order chi connectivity index (χ1) is 9.26. The van der Waals surface area contributed by atoms with Crippen LogP contribution in [0.25, 0.3) is 10.8 Å². The number of anilines is 1. The predicted molar refractivity (Wildman–Crippen MR) is 82.3 cm³/mol. The number of hydrogen-bond donors (Lipinski definition) is 1. The molecule has 2 aromatic rings. The summed E-state index contributed by atoms with van der Waals surface area (Å²) < 4.78 is 5.70. The summed E-state index contributed by atoms with van der Waals surface area (Å²) in [6.07, 6.45) is 6.65. The van der Waals surface area contributed by atoms with Crippen molar-refractivity contribution < 1.29 is 4.74 Å². The van der Waals surface area contributed by atoms with E-state index in [1.165, 1.54) is 12.8 Å². The Bertz CT molecular complexity index is 596. The molecule has 0 aliphatic heterocycles. The van der Waals surface area contributed by atoms with Gasteiger partial charge in [0.15, 0.2) is 0 Å². The first-order valence-electron chi connectivity index (χ1n) is 6.48. The minimum Gasteiger partial charge on any atom is -0.497 e. The van der Waals surface area contributed by atoms with Gasteiger partial charge in [-0.1, -0.05) is 0 Å². The molecule has 0 saturated heterocycles. The largest absolute Gasteiger partial charge is 0.497 e. The topological polar surface area (TPSA) is 34.1 Å². The molecule has 1 N–H and O–H groups in total. The summed E-state index contributed by atoms with van der Waals surface area (Å²) in [7, 11) is 1.69. The van der Waals surface area contributed by atoms with E-state index in [1.54, 1.807) is 7.11 Å². The Morgan fingerprint density at radius 3 is 2.89 bits per heavy atom. The van der Waals surface area contributed by atoms with Crippen LogP contribution >= 0.6 is 11.8 Å². The zero-order valence-corrected chi connectivity index (χ0v) is 12.1. The average Bonchev–Trinajstić information content (AvgIpc) is 3.25. The number of aromatic nitrogens is 1. The average molecular weight is 274 g/mol. The lowest BCUT2D eigenvalue weighted by Gasteiger charge is -2.15. The van der Waals surface area contributed by atoms with Crippen molar-refractivity contribution in [2.75, 3.05) is 25.2 Å². The van der Waals surface area contributed by atoms with Gasteiger partial charge in [-0.3, -0.25) is 0 Å². The zero-order chi connectivity index (χ0) is 13.3. The van der Waals surface area contributed by atoms with E-state index in [0.29, 0.717) is 4.75 Å². The lowest BCUT2D eigenvalue weighted by atomic mass is 10.1. The monoisotopic (exact) mass is 274 g/mol. The van der Waals surface area contributed by atoms with E-state index in [0.717, 1.165) is 28.9 Å². The molecule has 1 heterocycles. The van der Waals surface area contributed by atoms with Crippen LogP contribution in [-0.4, -0.2) is 29.6 Å². The SMILES string of the molecule is COc1ccc2c(NCC3(SC)CC3)nccc2c1. The van der Waals surface area contributed by atoms with E-state index < -0.39 is 0 Å². The highest BCUT2D eigenvalue weighted by Gasteiger charge is 2.41.